The molecule has 98 valence electrons. The molecule has 0 aliphatic rings. The molecule has 0 atom stereocenters. The van der Waals surface area contributed by atoms with Gasteiger partial charge in [-0.1, -0.05) is 29.8 Å². The number of hydrogen-bond acceptors (Lipinski definition) is 3. The van der Waals surface area contributed by atoms with Crippen LogP contribution in [0.3, 0.4) is 0 Å². The Labute approximate surface area is 121 Å². The molecule has 0 unspecified atom stereocenters. The summed E-state index contributed by atoms with van der Waals surface area (Å²) in [4.78, 5) is 13.1. The van der Waals surface area contributed by atoms with Gasteiger partial charge in [0.05, 0.1) is 18.4 Å². The van der Waals surface area contributed by atoms with Crippen molar-refractivity contribution >= 4 is 29.1 Å². The van der Waals surface area contributed by atoms with E-state index in [9.17, 15) is 4.79 Å². The minimum atomic E-state index is 0.0439. The molecule has 0 saturated carbocycles. The number of rotatable bonds is 5. The predicted molar refractivity (Wildman–Crippen MR) is 79.5 cm³/mol. The molecule has 0 radical (unpaired) electrons. The molecular formula is C15H13ClO2S. The van der Waals surface area contributed by atoms with Gasteiger partial charge in [-0.05, 0) is 30.3 Å². The van der Waals surface area contributed by atoms with Gasteiger partial charge in [0.15, 0.2) is 5.78 Å². The summed E-state index contributed by atoms with van der Waals surface area (Å²) >= 11 is 7.37. The zero-order chi connectivity index (χ0) is 13.7. The van der Waals surface area contributed by atoms with Crippen LogP contribution in [-0.4, -0.2) is 18.6 Å². The Bertz CT molecular complexity index is 584. The van der Waals surface area contributed by atoms with E-state index in [4.69, 9.17) is 16.3 Å². The molecule has 0 N–H and O–H groups in total. The maximum atomic E-state index is 12.1. The fraction of sp³-hybridized carbons (Fsp3) is 0.133. The number of ketones is 1. The van der Waals surface area contributed by atoms with Crippen LogP contribution in [0.4, 0.5) is 0 Å². The summed E-state index contributed by atoms with van der Waals surface area (Å²) in [6.45, 7) is 0. The zero-order valence-electron chi connectivity index (χ0n) is 10.4. The maximum Gasteiger partial charge on any atom is 0.176 e. The molecule has 0 aliphatic heterocycles. The molecule has 2 aromatic rings. The van der Waals surface area contributed by atoms with E-state index in [-0.39, 0.29) is 5.78 Å². The quantitative estimate of drug-likeness (QED) is 0.606. The van der Waals surface area contributed by atoms with E-state index in [0.717, 1.165) is 4.90 Å². The van der Waals surface area contributed by atoms with Crippen molar-refractivity contribution in [3.05, 3.63) is 59.1 Å². The zero-order valence-corrected chi connectivity index (χ0v) is 12.0. The van der Waals surface area contributed by atoms with Crippen LogP contribution in [0.25, 0.3) is 0 Å². The summed E-state index contributed by atoms with van der Waals surface area (Å²) in [5.74, 6) is 1.02. The lowest BCUT2D eigenvalue weighted by atomic mass is 10.1. The number of ether oxygens (including phenoxy) is 1. The van der Waals surface area contributed by atoms with E-state index >= 15 is 0 Å². The number of carbonyl (C=O) groups is 1. The van der Waals surface area contributed by atoms with Gasteiger partial charge in [0, 0.05) is 9.92 Å². The molecule has 2 nitrogen and oxygen atoms in total. The van der Waals surface area contributed by atoms with Crippen LogP contribution in [0, 0.1) is 0 Å². The largest absolute Gasteiger partial charge is 0.496 e. The van der Waals surface area contributed by atoms with Gasteiger partial charge in [0.2, 0.25) is 0 Å². The van der Waals surface area contributed by atoms with Crippen LogP contribution in [-0.2, 0) is 0 Å². The van der Waals surface area contributed by atoms with Crippen LogP contribution >= 0.6 is 23.4 Å². The van der Waals surface area contributed by atoms with E-state index in [0.29, 0.717) is 22.1 Å². The molecule has 0 aliphatic carbocycles. The number of methoxy groups -OCH3 is 1. The van der Waals surface area contributed by atoms with E-state index in [2.05, 4.69) is 0 Å². The van der Waals surface area contributed by atoms with Crippen molar-refractivity contribution in [2.24, 2.45) is 0 Å². The smallest absolute Gasteiger partial charge is 0.176 e. The second-order valence-corrected chi connectivity index (χ2v) is 5.35. The first-order valence-electron chi connectivity index (χ1n) is 5.75. The van der Waals surface area contributed by atoms with E-state index in [1.165, 1.54) is 11.8 Å². The lowest BCUT2D eigenvalue weighted by Crippen LogP contribution is -2.04. The average molecular weight is 293 g/mol. The molecule has 2 rings (SSSR count). The minimum Gasteiger partial charge on any atom is -0.496 e. The fourth-order valence-electron chi connectivity index (χ4n) is 1.66. The van der Waals surface area contributed by atoms with Crippen LogP contribution in [0.15, 0.2) is 53.4 Å². The Balaban J connectivity index is 2.05. The van der Waals surface area contributed by atoms with Crippen LogP contribution in [0.1, 0.15) is 10.4 Å². The second-order valence-electron chi connectivity index (χ2n) is 3.87. The SMILES string of the molecule is COc1ccccc1C(=O)CSc1cccc(Cl)c1. The monoisotopic (exact) mass is 292 g/mol. The molecule has 0 heterocycles. The van der Waals surface area contributed by atoms with Crippen molar-refractivity contribution in [3.8, 4) is 5.75 Å². The Morgan fingerprint density at radius 3 is 2.74 bits per heavy atom. The number of thioether (sulfide) groups is 1. The number of Topliss-reactive ketones (excluding diaryl/α,β-unsaturated/α-hetero) is 1. The van der Waals surface area contributed by atoms with Gasteiger partial charge in [0.1, 0.15) is 5.75 Å². The highest BCUT2D eigenvalue weighted by atomic mass is 35.5. The van der Waals surface area contributed by atoms with E-state index < -0.39 is 0 Å². The standard InChI is InChI=1S/C15H13ClO2S/c1-18-15-8-3-2-7-13(15)14(17)10-19-12-6-4-5-11(16)9-12/h2-9H,10H2,1H3. The highest BCUT2D eigenvalue weighted by Gasteiger charge is 2.11. The summed E-state index contributed by atoms with van der Waals surface area (Å²) in [6.07, 6.45) is 0. The van der Waals surface area contributed by atoms with Crippen LogP contribution < -0.4 is 4.74 Å². The van der Waals surface area contributed by atoms with Gasteiger partial charge in [-0.3, -0.25) is 4.79 Å². The predicted octanol–water partition coefficient (Wildman–Crippen LogP) is 4.32. The minimum absolute atomic E-state index is 0.0439. The Morgan fingerprint density at radius 2 is 2.00 bits per heavy atom. The van der Waals surface area contributed by atoms with Crippen molar-refractivity contribution in [1.29, 1.82) is 0 Å². The molecule has 0 saturated heterocycles. The molecule has 4 heteroatoms. The molecule has 0 bridgehead atoms. The second kappa shape index (κ2) is 6.64. The van der Waals surface area contributed by atoms with Crippen LogP contribution in [0.5, 0.6) is 5.75 Å². The Morgan fingerprint density at radius 1 is 1.21 bits per heavy atom. The van der Waals surface area contributed by atoms with E-state index in [1.54, 1.807) is 19.2 Å². The lowest BCUT2D eigenvalue weighted by molar-refractivity contribution is 0.101. The molecule has 0 amide bonds. The number of para-hydroxylation sites is 1. The maximum absolute atomic E-state index is 12.1. The highest BCUT2D eigenvalue weighted by Crippen LogP contribution is 2.24. The number of carbonyl (C=O) groups excluding carboxylic acids is 1. The van der Waals surface area contributed by atoms with Crippen molar-refractivity contribution in [2.75, 3.05) is 12.9 Å². The summed E-state index contributed by atoms with van der Waals surface area (Å²) in [5.41, 5.74) is 0.611. The van der Waals surface area contributed by atoms with Gasteiger partial charge in [-0.15, -0.1) is 11.8 Å². The fourth-order valence-corrected chi connectivity index (χ4v) is 2.75. The third-order valence-corrected chi connectivity index (χ3v) is 3.80. The van der Waals surface area contributed by atoms with Gasteiger partial charge < -0.3 is 4.74 Å². The first kappa shape index (κ1) is 14.0. The van der Waals surface area contributed by atoms with Crippen molar-refractivity contribution in [1.82, 2.24) is 0 Å². The van der Waals surface area contributed by atoms with Crippen molar-refractivity contribution < 1.29 is 9.53 Å². The highest BCUT2D eigenvalue weighted by molar-refractivity contribution is 8.00. The number of hydrogen-bond donors (Lipinski definition) is 0. The van der Waals surface area contributed by atoms with E-state index in [1.807, 2.05) is 36.4 Å². The van der Waals surface area contributed by atoms with Gasteiger partial charge in [-0.2, -0.15) is 0 Å². The third kappa shape index (κ3) is 3.75. The number of benzene rings is 2. The van der Waals surface area contributed by atoms with Gasteiger partial charge in [0.25, 0.3) is 0 Å². The molecule has 19 heavy (non-hydrogen) atoms. The summed E-state index contributed by atoms with van der Waals surface area (Å²) in [7, 11) is 1.57. The number of halogens is 1. The summed E-state index contributed by atoms with van der Waals surface area (Å²) in [6, 6.07) is 14.7. The molecular weight excluding hydrogens is 280 g/mol. The molecule has 2 aromatic carbocycles. The van der Waals surface area contributed by atoms with Crippen molar-refractivity contribution in [3.63, 3.8) is 0 Å². The summed E-state index contributed by atoms with van der Waals surface area (Å²) in [5, 5.41) is 0.676. The summed E-state index contributed by atoms with van der Waals surface area (Å²) < 4.78 is 5.19. The van der Waals surface area contributed by atoms with Gasteiger partial charge in [-0.25, -0.2) is 0 Å². The first-order valence-corrected chi connectivity index (χ1v) is 7.11. The van der Waals surface area contributed by atoms with Gasteiger partial charge >= 0.3 is 0 Å². The van der Waals surface area contributed by atoms with Crippen LogP contribution in [0.2, 0.25) is 5.02 Å². The Kier molecular flexibility index (Phi) is 4.88. The topological polar surface area (TPSA) is 26.3 Å². The normalized spacial score (nSPS) is 10.2. The average Bonchev–Trinajstić information content (AvgIpc) is 2.45. The molecule has 0 fully saturated rings. The first-order chi connectivity index (χ1) is 9.20. The van der Waals surface area contributed by atoms with Crippen molar-refractivity contribution in [2.45, 2.75) is 4.90 Å². The molecule has 0 aromatic heterocycles. The Hall–Kier alpha value is -1.45. The third-order valence-electron chi connectivity index (χ3n) is 2.57. The lowest BCUT2D eigenvalue weighted by Gasteiger charge is -2.07. The molecule has 0 spiro atoms.